The topological polar surface area (TPSA) is 75.7 Å². The summed E-state index contributed by atoms with van der Waals surface area (Å²) < 4.78 is 5.73. The van der Waals surface area contributed by atoms with E-state index in [1.54, 1.807) is 36.4 Å². The number of carbonyl (C=O) groups is 3. The molecule has 0 saturated heterocycles. The molecule has 2 aromatic carbocycles. The summed E-state index contributed by atoms with van der Waals surface area (Å²) >= 11 is 9.22. The van der Waals surface area contributed by atoms with Crippen molar-refractivity contribution in [2.45, 2.75) is 0 Å². The molecule has 8 heteroatoms. The minimum atomic E-state index is -0.714. The summed E-state index contributed by atoms with van der Waals surface area (Å²) in [6, 6.07) is 11.7. The van der Waals surface area contributed by atoms with Crippen LogP contribution in [0.15, 0.2) is 46.9 Å². The second-order valence-electron chi connectivity index (χ2n) is 5.25. The first-order valence-corrected chi connectivity index (χ1v) is 8.44. The van der Waals surface area contributed by atoms with Crippen LogP contribution < -0.4 is 10.2 Å². The highest BCUT2D eigenvalue weighted by molar-refractivity contribution is 9.10. The molecule has 25 heavy (non-hydrogen) atoms. The monoisotopic (exact) mass is 422 g/mol. The van der Waals surface area contributed by atoms with Crippen LogP contribution in [0, 0.1) is 0 Å². The molecule has 0 atom stereocenters. The highest BCUT2D eigenvalue weighted by atomic mass is 79.9. The SMILES string of the molecule is O=C1CN(C(=O)COC(=O)c2cc(Br)ccc2Cl)c2ccccc2N1. The summed E-state index contributed by atoms with van der Waals surface area (Å²) in [4.78, 5) is 37.6. The Balaban J connectivity index is 1.72. The van der Waals surface area contributed by atoms with Crippen molar-refractivity contribution in [1.29, 1.82) is 0 Å². The molecular formula is C17H12BrClN2O4. The number of fused-ring (bicyclic) bond motifs is 1. The first-order valence-electron chi connectivity index (χ1n) is 7.27. The van der Waals surface area contributed by atoms with Crippen LogP contribution in [0.4, 0.5) is 11.4 Å². The molecule has 1 aliphatic rings. The fraction of sp³-hybridized carbons (Fsp3) is 0.118. The lowest BCUT2D eigenvalue weighted by Gasteiger charge is -2.28. The minimum Gasteiger partial charge on any atom is -0.452 e. The molecule has 2 aromatic rings. The highest BCUT2D eigenvalue weighted by Gasteiger charge is 2.27. The molecular weight excluding hydrogens is 412 g/mol. The van der Waals surface area contributed by atoms with Crippen molar-refractivity contribution in [3.05, 3.63) is 57.5 Å². The van der Waals surface area contributed by atoms with E-state index in [0.717, 1.165) is 0 Å². The average molecular weight is 424 g/mol. The Morgan fingerprint density at radius 2 is 2.00 bits per heavy atom. The lowest BCUT2D eigenvalue weighted by atomic mass is 10.2. The van der Waals surface area contributed by atoms with E-state index in [4.69, 9.17) is 16.3 Å². The smallest absolute Gasteiger partial charge is 0.340 e. The minimum absolute atomic E-state index is 0.134. The number of halogens is 2. The van der Waals surface area contributed by atoms with E-state index in [2.05, 4.69) is 21.2 Å². The number of hydrogen-bond acceptors (Lipinski definition) is 4. The predicted molar refractivity (Wildman–Crippen MR) is 96.9 cm³/mol. The van der Waals surface area contributed by atoms with Gasteiger partial charge in [0.2, 0.25) is 5.91 Å². The first-order chi connectivity index (χ1) is 12.0. The van der Waals surface area contributed by atoms with Crippen molar-refractivity contribution in [2.24, 2.45) is 0 Å². The van der Waals surface area contributed by atoms with Crippen LogP contribution in [0.1, 0.15) is 10.4 Å². The summed E-state index contributed by atoms with van der Waals surface area (Å²) in [6.07, 6.45) is 0. The fourth-order valence-electron chi connectivity index (χ4n) is 2.39. The van der Waals surface area contributed by atoms with Crippen molar-refractivity contribution in [2.75, 3.05) is 23.4 Å². The van der Waals surface area contributed by atoms with Gasteiger partial charge in [-0.1, -0.05) is 39.7 Å². The molecule has 1 N–H and O–H groups in total. The van der Waals surface area contributed by atoms with Gasteiger partial charge in [0, 0.05) is 4.47 Å². The molecule has 1 aliphatic heterocycles. The molecule has 128 valence electrons. The number of para-hydroxylation sites is 2. The zero-order valence-electron chi connectivity index (χ0n) is 12.8. The number of rotatable bonds is 3. The van der Waals surface area contributed by atoms with Gasteiger partial charge in [-0.15, -0.1) is 0 Å². The van der Waals surface area contributed by atoms with Gasteiger partial charge < -0.3 is 10.1 Å². The van der Waals surface area contributed by atoms with Crippen molar-refractivity contribution in [1.82, 2.24) is 0 Å². The molecule has 0 aromatic heterocycles. The number of carbonyl (C=O) groups excluding carboxylic acids is 3. The summed E-state index contributed by atoms with van der Waals surface area (Å²) in [5.41, 5.74) is 1.25. The molecule has 0 fully saturated rings. The number of amides is 2. The van der Waals surface area contributed by atoms with E-state index >= 15 is 0 Å². The zero-order chi connectivity index (χ0) is 18.0. The Labute approximate surface area is 156 Å². The highest BCUT2D eigenvalue weighted by Crippen LogP contribution is 2.29. The molecule has 3 rings (SSSR count). The van der Waals surface area contributed by atoms with E-state index in [1.165, 1.54) is 11.0 Å². The Morgan fingerprint density at radius 3 is 2.80 bits per heavy atom. The third kappa shape index (κ3) is 3.83. The van der Waals surface area contributed by atoms with Crippen molar-refractivity contribution >= 4 is 56.7 Å². The van der Waals surface area contributed by atoms with Gasteiger partial charge in [-0.2, -0.15) is 0 Å². The number of nitrogens with zero attached hydrogens (tertiary/aromatic N) is 1. The maximum Gasteiger partial charge on any atom is 0.340 e. The van der Waals surface area contributed by atoms with E-state index in [1.807, 2.05) is 0 Å². The van der Waals surface area contributed by atoms with Crippen LogP contribution in [0.3, 0.4) is 0 Å². The van der Waals surface area contributed by atoms with Gasteiger partial charge in [0.15, 0.2) is 6.61 Å². The quantitative estimate of drug-likeness (QED) is 0.769. The standard InChI is InChI=1S/C17H12BrClN2O4/c18-10-5-6-12(19)11(7-10)17(24)25-9-16(23)21-8-15(22)20-13-3-1-2-4-14(13)21/h1-7H,8-9H2,(H,20,22). The molecule has 0 spiro atoms. The van der Waals surface area contributed by atoms with Gasteiger partial charge in [0.25, 0.3) is 5.91 Å². The average Bonchev–Trinajstić information content (AvgIpc) is 2.60. The summed E-state index contributed by atoms with van der Waals surface area (Å²) in [6.45, 7) is -0.631. The molecule has 0 unspecified atom stereocenters. The van der Waals surface area contributed by atoms with Gasteiger partial charge in [0.1, 0.15) is 6.54 Å². The third-order valence-corrected chi connectivity index (χ3v) is 4.37. The van der Waals surface area contributed by atoms with E-state index in [0.29, 0.717) is 15.8 Å². The number of hydrogen-bond donors (Lipinski definition) is 1. The molecule has 6 nitrogen and oxygen atoms in total. The number of ether oxygens (including phenoxy) is 1. The Morgan fingerprint density at radius 1 is 1.24 bits per heavy atom. The zero-order valence-corrected chi connectivity index (χ0v) is 15.1. The van der Waals surface area contributed by atoms with Gasteiger partial charge in [0.05, 0.1) is 22.0 Å². The summed E-state index contributed by atoms with van der Waals surface area (Å²) in [7, 11) is 0. The molecule has 0 aliphatic carbocycles. The lowest BCUT2D eigenvalue weighted by Crippen LogP contribution is -2.44. The van der Waals surface area contributed by atoms with Crippen molar-refractivity contribution in [3.63, 3.8) is 0 Å². The number of nitrogens with one attached hydrogen (secondary N) is 1. The summed E-state index contributed by atoms with van der Waals surface area (Å²) in [5, 5.41) is 2.91. The second-order valence-corrected chi connectivity index (χ2v) is 6.57. The van der Waals surface area contributed by atoms with Crippen molar-refractivity contribution < 1.29 is 19.1 Å². The van der Waals surface area contributed by atoms with Crippen molar-refractivity contribution in [3.8, 4) is 0 Å². The van der Waals surface area contributed by atoms with Gasteiger partial charge in [-0.3, -0.25) is 14.5 Å². The second kappa shape index (κ2) is 7.25. The molecule has 0 radical (unpaired) electrons. The predicted octanol–water partition coefficient (Wildman–Crippen LogP) is 3.24. The van der Waals surface area contributed by atoms with Crippen LogP contribution in [-0.4, -0.2) is 30.9 Å². The number of benzene rings is 2. The van der Waals surface area contributed by atoms with Gasteiger partial charge in [-0.05, 0) is 30.3 Å². The Kier molecular flexibility index (Phi) is 5.06. The van der Waals surface area contributed by atoms with Crippen LogP contribution in [-0.2, 0) is 14.3 Å². The van der Waals surface area contributed by atoms with E-state index in [-0.39, 0.29) is 23.0 Å². The van der Waals surface area contributed by atoms with Gasteiger partial charge in [-0.25, -0.2) is 4.79 Å². The molecule has 1 heterocycles. The number of anilines is 2. The van der Waals surface area contributed by atoms with Crippen LogP contribution >= 0.6 is 27.5 Å². The molecule has 2 amide bonds. The van der Waals surface area contributed by atoms with E-state index < -0.39 is 18.5 Å². The summed E-state index contributed by atoms with van der Waals surface area (Å²) in [5.74, 6) is -1.52. The Hall–Kier alpha value is -2.38. The Bertz CT molecular complexity index is 871. The molecule has 0 saturated carbocycles. The lowest BCUT2D eigenvalue weighted by molar-refractivity contribution is -0.124. The van der Waals surface area contributed by atoms with Crippen LogP contribution in [0.5, 0.6) is 0 Å². The maximum absolute atomic E-state index is 12.4. The van der Waals surface area contributed by atoms with Crippen LogP contribution in [0.2, 0.25) is 5.02 Å². The van der Waals surface area contributed by atoms with Crippen LogP contribution in [0.25, 0.3) is 0 Å². The normalized spacial score (nSPS) is 13.0. The third-order valence-electron chi connectivity index (χ3n) is 3.55. The largest absolute Gasteiger partial charge is 0.452 e. The van der Waals surface area contributed by atoms with Gasteiger partial charge >= 0.3 is 5.97 Å². The number of esters is 1. The molecule has 0 bridgehead atoms. The first kappa shape index (κ1) is 17.4. The fourth-order valence-corrected chi connectivity index (χ4v) is 2.95. The van der Waals surface area contributed by atoms with E-state index in [9.17, 15) is 14.4 Å². The maximum atomic E-state index is 12.4.